The van der Waals surface area contributed by atoms with Crippen molar-refractivity contribution in [2.45, 2.75) is 26.4 Å². The van der Waals surface area contributed by atoms with Gasteiger partial charge in [-0.15, -0.1) is 0 Å². The van der Waals surface area contributed by atoms with Gasteiger partial charge in [-0.05, 0) is 19.9 Å². The third kappa shape index (κ3) is 3.48. The molecule has 3 rings (SSSR count). The van der Waals surface area contributed by atoms with E-state index in [1.165, 1.54) is 23.1 Å². The number of amides is 1. The molecule has 3 aromatic rings. The average Bonchev–Trinajstić information content (AvgIpc) is 3.28. The minimum atomic E-state index is -1.14. The second-order valence-corrected chi connectivity index (χ2v) is 5.97. The van der Waals surface area contributed by atoms with Crippen LogP contribution in [-0.2, 0) is 18.4 Å². The second-order valence-electron chi connectivity index (χ2n) is 5.97. The molecule has 0 radical (unpaired) electrons. The van der Waals surface area contributed by atoms with E-state index in [0.29, 0.717) is 12.2 Å². The summed E-state index contributed by atoms with van der Waals surface area (Å²) in [7, 11) is 1.85. The van der Waals surface area contributed by atoms with Crippen LogP contribution in [0, 0.1) is 6.92 Å². The van der Waals surface area contributed by atoms with Gasteiger partial charge in [-0.2, -0.15) is 15.3 Å². The number of aromatic nitrogens is 6. The summed E-state index contributed by atoms with van der Waals surface area (Å²) in [6, 6.07) is 0.570. The Morgan fingerprint density at radius 1 is 1.31 bits per heavy atom. The fourth-order valence-electron chi connectivity index (χ4n) is 2.64. The smallest absolute Gasteiger partial charge is 0.354 e. The average molecular weight is 357 g/mol. The molecule has 10 heteroatoms. The molecule has 3 heterocycles. The molecule has 0 bridgehead atoms. The van der Waals surface area contributed by atoms with E-state index in [1.807, 2.05) is 20.2 Å². The summed E-state index contributed by atoms with van der Waals surface area (Å²) < 4.78 is 4.60. The highest BCUT2D eigenvalue weighted by Gasteiger charge is 2.21. The number of carboxylic acid groups (broad SMARTS) is 1. The number of aromatic carboxylic acids is 1. The zero-order chi connectivity index (χ0) is 18.8. The number of nitrogens with one attached hydrogen (secondary N) is 1. The first-order valence-electron chi connectivity index (χ1n) is 7.94. The number of carbonyl (C=O) groups excluding carboxylic acids is 1. The lowest BCUT2D eigenvalue weighted by atomic mass is 10.3. The number of carbonyl (C=O) groups is 2. The number of hydrogen-bond donors (Lipinski definition) is 2. The largest absolute Gasteiger partial charge is 0.477 e. The Morgan fingerprint density at radius 2 is 2.08 bits per heavy atom. The van der Waals surface area contributed by atoms with Crippen LogP contribution in [0.25, 0.3) is 0 Å². The van der Waals surface area contributed by atoms with Crippen molar-refractivity contribution < 1.29 is 14.7 Å². The summed E-state index contributed by atoms with van der Waals surface area (Å²) in [5, 5.41) is 24.3. The lowest BCUT2D eigenvalue weighted by molar-refractivity contribution is -0.119. The molecule has 3 aromatic heterocycles. The van der Waals surface area contributed by atoms with Crippen LogP contribution in [0.15, 0.2) is 30.9 Å². The number of hydrogen-bond acceptors (Lipinski definition) is 5. The van der Waals surface area contributed by atoms with Crippen molar-refractivity contribution in [2.75, 3.05) is 5.32 Å². The van der Waals surface area contributed by atoms with E-state index < -0.39 is 12.0 Å². The summed E-state index contributed by atoms with van der Waals surface area (Å²) in [6.45, 7) is 4.04. The van der Waals surface area contributed by atoms with Crippen LogP contribution in [0.3, 0.4) is 0 Å². The van der Waals surface area contributed by atoms with Crippen LogP contribution >= 0.6 is 0 Å². The van der Waals surface area contributed by atoms with Gasteiger partial charge in [0, 0.05) is 31.2 Å². The van der Waals surface area contributed by atoms with Gasteiger partial charge in [0.1, 0.15) is 11.7 Å². The molecule has 0 saturated carbocycles. The number of rotatable bonds is 6. The molecule has 0 aliphatic heterocycles. The van der Waals surface area contributed by atoms with Crippen molar-refractivity contribution in [1.29, 1.82) is 0 Å². The maximum absolute atomic E-state index is 12.4. The highest BCUT2D eigenvalue weighted by Crippen LogP contribution is 2.14. The zero-order valence-electron chi connectivity index (χ0n) is 14.6. The Morgan fingerprint density at radius 3 is 2.73 bits per heavy atom. The van der Waals surface area contributed by atoms with E-state index in [9.17, 15) is 9.59 Å². The summed E-state index contributed by atoms with van der Waals surface area (Å²) >= 11 is 0. The SMILES string of the molecule is Cc1nn(C)cc1Cn1cc(NC(=O)C(C)n2nccc2C(=O)O)cn1. The number of carboxylic acids is 1. The van der Waals surface area contributed by atoms with E-state index in [1.54, 1.807) is 22.5 Å². The normalized spacial score (nSPS) is 12.1. The van der Waals surface area contributed by atoms with Crippen LogP contribution in [0.5, 0.6) is 0 Å². The standard InChI is InChI=1S/C16H19N7O3/c1-10-12(7-21(3)20-10)8-22-9-13(6-18-22)19-15(24)11(2)23-14(16(25)26)4-5-17-23/h4-7,9,11H,8H2,1-3H3,(H,19,24)(H,25,26). The maximum Gasteiger partial charge on any atom is 0.354 e. The van der Waals surface area contributed by atoms with Crippen LogP contribution in [-0.4, -0.2) is 46.3 Å². The first-order chi connectivity index (χ1) is 12.3. The summed E-state index contributed by atoms with van der Waals surface area (Å²) in [5.41, 5.74) is 2.43. The minimum Gasteiger partial charge on any atom is -0.477 e. The minimum absolute atomic E-state index is 0.0459. The zero-order valence-corrected chi connectivity index (χ0v) is 14.6. The molecule has 10 nitrogen and oxygen atoms in total. The van der Waals surface area contributed by atoms with Crippen LogP contribution in [0.1, 0.15) is 34.7 Å². The van der Waals surface area contributed by atoms with Crippen LogP contribution in [0.4, 0.5) is 5.69 Å². The second kappa shape index (κ2) is 6.82. The summed E-state index contributed by atoms with van der Waals surface area (Å²) in [6.07, 6.45) is 6.51. The maximum atomic E-state index is 12.4. The van der Waals surface area contributed by atoms with Crippen LogP contribution in [0.2, 0.25) is 0 Å². The molecular formula is C16H19N7O3. The molecule has 1 atom stereocenters. The van der Waals surface area contributed by atoms with Gasteiger partial charge in [0.2, 0.25) is 5.91 Å². The van der Waals surface area contributed by atoms with Gasteiger partial charge < -0.3 is 10.4 Å². The fraction of sp³-hybridized carbons (Fsp3) is 0.312. The van der Waals surface area contributed by atoms with Gasteiger partial charge in [0.15, 0.2) is 0 Å². The van der Waals surface area contributed by atoms with Gasteiger partial charge in [-0.25, -0.2) is 9.48 Å². The molecule has 0 fully saturated rings. The van der Waals surface area contributed by atoms with E-state index in [4.69, 9.17) is 5.11 Å². The van der Waals surface area contributed by atoms with Crippen molar-refractivity contribution in [3.63, 3.8) is 0 Å². The quantitative estimate of drug-likeness (QED) is 0.681. The molecular weight excluding hydrogens is 338 g/mol. The Bertz CT molecular complexity index is 953. The molecule has 0 aromatic carbocycles. The predicted octanol–water partition coefficient (Wildman–Crippen LogP) is 1.07. The topological polar surface area (TPSA) is 120 Å². The van der Waals surface area contributed by atoms with E-state index in [0.717, 1.165) is 11.3 Å². The van der Waals surface area contributed by atoms with Gasteiger partial charge in [0.25, 0.3) is 0 Å². The van der Waals surface area contributed by atoms with Gasteiger partial charge in [0.05, 0.1) is 24.1 Å². The number of anilines is 1. The van der Waals surface area contributed by atoms with E-state index in [-0.39, 0.29) is 11.6 Å². The highest BCUT2D eigenvalue weighted by atomic mass is 16.4. The van der Waals surface area contributed by atoms with Crippen molar-refractivity contribution in [3.05, 3.63) is 47.8 Å². The molecule has 136 valence electrons. The Labute approximate surface area is 149 Å². The summed E-state index contributed by atoms with van der Waals surface area (Å²) in [4.78, 5) is 23.6. The fourth-order valence-corrected chi connectivity index (χ4v) is 2.64. The first-order valence-corrected chi connectivity index (χ1v) is 7.94. The van der Waals surface area contributed by atoms with Crippen LogP contribution < -0.4 is 5.32 Å². The molecule has 26 heavy (non-hydrogen) atoms. The lowest BCUT2D eigenvalue weighted by Crippen LogP contribution is -2.26. The van der Waals surface area contributed by atoms with Crippen molar-refractivity contribution >= 4 is 17.6 Å². The first kappa shape index (κ1) is 17.4. The third-order valence-electron chi connectivity index (χ3n) is 3.98. The highest BCUT2D eigenvalue weighted by molar-refractivity contribution is 5.94. The van der Waals surface area contributed by atoms with Gasteiger partial charge >= 0.3 is 5.97 Å². The van der Waals surface area contributed by atoms with Gasteiger partial charge in [-0.3, -0.25) is 14.2 Å². The van der Waals surface area contributed by atoms with E-state index >= 15 is 0 Å². The van der Waals surface area contributed by atoms with E-state index in [2.05, 4.69) is 20.6 Å². The molecule has 1 amide bonds. The lowest BCUT2D eigenvalue weighted by Gasteiger charge is -2.13. The Kier molecular flexibility index (Phi) is 4.57. The third-order valence-corrected chi connectivity index (χ3v) is 3.98. The van der Waals surface area contributed by atoms with Crippen molar-refractivity contribution in [3.8, 4) is 0 Å². The van der Waals surface area contributed by atoms with Gasteiger partial charge in [-0.1, -0.05) is 0 Å². The summed E-state index contributed by atoms with van der Waals surface area (Å²) in [5.74, 6) is -1.52. The molecule has 0 aliphatic carbocycles. The molecule has 0 saturated heterocycles. The molecule has 1 unspecified atom stereocenters. The van der Waals surface area contributed by atoms with Crippen molar-refractivity contribution in [2.24, 2.45) is 7.05 Å². The monoisotopic (exact) mass is 357 g/mol. The number of aryl methyl sites for hydroxylation is 2. The Balaban J connectivity index is 1.68. The molecule has 0 spiro atoms. The van der Waals surface area contributed by atoms with Crippen molar-refractivity contribution in [1.82, 2.24) is 29.3 Å². The Hall–Kier alpha value is -3.43. The predicted molar refractivity (Wildman–Crippen MR) is 91.8 cm³/mol. The molecule has 2 N–H and O–H groups in total. The molecule has 0 aliphatic rings. The number of nitrogens with zero attached hydrogens (tertiary/aromatic N) is 6.